The zero-order valence-electron chi connectivity index (χ0n) is 17.4. The van der Waals surface area contributed by atoms with E-state index in [2.05, 4.69) is 20.8 Å². The number of ether oxygens (including phenoxy) is 1. The van der Waals surface area contributed by atoms with E-state index >= 15 is 0 Å². The Hall–Kier alpha value is -2.53. The summed E-state index contributed by atoms with van der Waals surface area (Å²) in [5.74, 6) is 0.849. The van der Waals surface area contributed by atoms with E-state index in [0.29, 0.717) is 18.1 Å². The summed E-state index contributed by atoms with van der Waals surface area (Å²) >= 11 is 1.43. The maximum absolute atomic E-state index is 13.0. The Labute approximate surface area is 177 Å². The number of hydrogen-bond donors (Lipinski definition) is 0. The van der Waals surface area contributed by atoms with Crippen LogP contribution in [-0.4, -0.2) is 29.1 Å². The fourth-order valence-corrected chi connectivity index (χ4v) is 3.95. The number of carbonyl (C=O) groups is 1. The Morgan fingerprint density at radius 2 is 1.90 bits per heavy atom. The highest BCUT2D eigenvalue weighted by Gasteiger charge is 2.32. The molecule has 5 heteroatoms. The van der Waals surface area contributed by atoms with Crippen LogP contribution >= 0.6 is 11.8 Å². The van der Waals surface area contributed by atoms with Gasteiger partial charge in [-0.05, 0) is 67.4 Å². The molecule has 0 N–H and O–H groups in total. The first-order valence-corrected chi connectivity index (χ1v) is 11.0. The first kappa shape index (κ1) is 21.2. The summed E-state index contributed by atoms with van der Waals surface area (Å²) in [4.78, 5) is 20.2. The molecular formula is C24H28N2O2S. The van der Waals surface area contributed by atoms with Gasteiger partial charge in [0.2, 0.25) is 0 Å². The molecule has 1 saturated heterocycles. The van der Waals surface area contributed by atoms with E-state index in [1.54, 1.807) is 4.90 Å². The van der Waals surface area contributed by atoms with Crippen LogP contribution in [0, 0.1) is 6.92 Å². The largest absolute Gasteiger partial charge is 0.494 e. The van der Waals surface area contributed by atoms with Crippen molar-refractivity contribution in [2.45, 2.75) is 40.0 Å². The van der Waals surface area contributed by atoms with Crippen molar-refractivity contribution in [2.24, 2.45) is 4.99 Å². The molecule has 0 unspecified atom stereocenters. The molecule has 0 spiro atoms. The van der Waals surface area contributed by atoms with Crippen molar-refractivity contribution in [1.29, 1.82) is 0 Å². The van der Waals surface area contributed by atoms with Gasteiger partial charge in [0.25, 0.3) is 5.91 Å². The SMILES string of the molecule is CCCCOc1cccc(/C=C2/SC(=Nc3ccc(C)cc3)N(CCC)C2=O)c1. The fraction of sp³-hybridized carbons (Fsp3) is 0.333. The molecule has 0 radical (unpaired) electrons. The Bertz CT molecular complexity index is 903. The monoisotopic (exact) mass is 408 g/mol. The summed E-state index contributed by atoms with van der Waals surface area (Å²) in [6, 6.07) is 15.9. The Balaban J connectivity index is 1.83. The summed E-state index contributed by atoms with van der Waals surface area (Å²) in [6.07, 6.45) is 4.95. The average Bonchev–Trinajstić information content (AvgIpc) is 2.99. The number of amides is 1. The molecule has 2 aromatic rings. The molecule has 1 heterocycles. The van der Waals surface area contributed by atoms with Crippen molar-refractivity contribution in [2.75, 3.05) is 13.2 Å². The maximum Gasteiger partial charge on any atom is 0.266 e. The zero-order chi connectivity index (χ0) is 20.6. The van der Waals surface area contributed by atoms with Crippen LogP contribution in [-0.2, 0) is 4.79 Å². The molecule has 2 aromatic carbocycles. The van der Waals surface area contributed by atoms with Crippen LogP contribution in [0.5, 0.6) is 5.75 Å². The molecule has 0 bridgehead atoms. The van der Waals surface area contributed by atoms with Crippen LogP contribution in [0.15, 0.2) is 58.4 Å². The minimum atomic E-state index is 0.0139. The van der Waals surface area contributed by atoms with E-state index in [9.17, 15) is 4.79 Å². The molecule has 29 heavy (non-hydrogen) atoms. The van der Waals surface area contributed by atoms with Crippen molar-refractivity contribution in [3.05, 3.63) is 64.6 Å². The van der Waals surface area contributed by atoms with Crippen LogP contribution in [0.2, 0.25) is 0 Å². The van der Waals surface area contributed by atoms with Gasteiger partial charge in [-0.3, -0.25) is 9.69 Å². The van der Waals surface area contributed by atoms with Gasteiger partial charge in [-0.15, -0.1) is 0 Å². The number of carbonyl (C=O) groups excluding carboxylic acids is 1. The van der Waals surface area contributed by atoms with Crippen LogP contribution in [0.1, 0.15) is 44.2 Å². The lowest BCUT2D eigenvalue weighted by Crippen LogP contribution is -2.29. The zero-order valence-corrected chi connectivity index (χ0v) is 18.2. The van der Waals surface area contributed by atoms with Gasteiger partial charge in [-0.1, -0.05) is 50.1 Å². The molecule has 0 aromatic heterocycles. The molecule has 1 fully saturated rings. The third kappa shape index (κ3) is 5.73. The summed E-state index contributed by atoms with van der Waals surface area (Å²) in [5.41, 5.74) is 3.01. The molecule has 4 nitrogen and oxygen atoms in total. The van der Waals surface area contributed by atoms with E-state index < -0.39 is 0 Å². The van der Waals surface area contributed by atoms with Gasteiger partial charge >= 0.3 is 0 Å². The summed E-state index contributed by atoms with van der Waals surface area (Å²) in [6.45, 7) is 7.64. The predicted molar refractivity (Wildman–Crippen MR) is 123 cm³/mol. The normalized spacial score (nSPS) is 16.8. The van der Waals surface area contributed by atoms with Crippen LogP contribution in [0.4, 0.5) is 5.69 Å². The van der Waals surface area contributed by atoms with Gasteiger partial charge in [0.05, 0.1) is 17.2 Å². The van der Waals surface area contributed by atoms with Crippen LogP contribution in [0.25, 0.3) is 6.08 Å². The van der Waals surface area contributed by atoms with E-state index in [1.165, 1.54) is 17.3 Å². The number of thioether (sulfide) groups is 1. The van der Waals surface area contributed by atoms with Crippen molar-refractivity contribution < 1.29 is 9.53 Å². The number of aliphatic imine (C=N–C) groups is 1. The Morgan fingerprint density at radius 3 is 2.62 bits per heavy atom. The molecule has 0 atom stereocenters. The highest BCUT2D eigenvalue weighted by molar-refractivity contribution is 8.18. The summed E-state index contributed by atoms with van der Waals surface area (Å²) in [7, 11) is 0. The number of aryl methyl sites for hydroxylation is 1. The number of hydrogen-bond acceptors (Lipinski definition) is 4. The predicted octanol–water partition coefficient (Wildman–Crippen LogP) is 6.19. The molecule has 3 rings (SSSR count). The first-order chi connectivity index (χ1) is 14.1. The van der Waals surface area contributed by atoms with Gasteiger partial charge in [0, 0.05) is 6.54 Å². The van der Waals surface area contributed by atoms with Gasteiger partial charge in [-0.2, -0.15) is 0 Å². The second-order valence-electron chi connectivity index (χ2n) is 7.07. The van der Waals surface area contributed by atoms with Gasteiger partial charge in [0.15, 0.2) is 5.17 Å². The lowest BCUT2D eigenvalue weighted by atomic mass is 10.2. The van der Waals surface area contributed by atoms with Gasteiger partial charge in [-0.25, -0.2) is 4.99 Å². The number of amidine groups is 1. The second-order valence-corrected chi connectivity index (χ2v) is 8.08. The lowest BCUT2D eigenvalue weighted by Gasteiger charge is -2.14. The first-order valence-electron chi connectivity index (χ1n) is 10.2. The molecule has 152 valence electrons. The highest BCUT2D eigenvalue weighted by atomic mass is 32.2. The van der Waals surface area contributed by atoms with Crippen molar-refractivity contribution in [1.82, 2.24) is 4.90 Å². The second kappa shape index (κ2) is 10.3. The summed E-state index contributed by atoms with van der Waals surface area (Å²) in [5, 5.41) is 0.738. The molecular weight excluding hydrogens is 380 g/mol. The van der Waals surface area contributed by atoms with Crippen molar-refractivity contribution in [3.8, 4) is 5.75 Å². The highest BCUT2D eigenvalue weighted by Crippen LogP contribution is 2.34. The lowest BCUT2D eigenvalue weighted by molar-refractivity contribution is -0.122. The number of nitrogens with zero attached hydrogens (tertiary/aromatic N) is 2. The minimum Gasteiger partial charge on any atom is -0.494 e. The Morgan fingerprint density at radius 1 is 1.10 bits per heavy atom. The third-order valence-electron chi connectivity index (χ3n) is 4.52. The van der Waals surface area contributed by atoms with Crippen LogP contribution in [0.3, 0.4) is 0 Å². The smallest absolute Gasteiger partial charge is 0.266 e. The maximum atomic E-state index is 13.0. The van der Waals surface area contributed by atoms with Gasteiger partial charge in [0.1, 0.15) is 5.75 Å². The minimum absolute atomic E-state index is 0.0139. The third-order valence-corrected chi connectivity index (χ3v) is 5.52. The van der Waals surface area contributed by atoms with E-state index in [0.717, 1.165) is 41.4 Å². The van der Waals surface area contributed by atoms with Gasteiger partial charge < -0.3 is 4.74 Å². The number of rotatable bonds is 8. The van der Waals surface area contributed by atoms with E-state index in [1.807, 2.05) is 54.6 Å². The summed E-state index contributed by atoms with van der Waals surface area (Å²) < 4.78 is 5.79. The van der Waals surface area contributed by atoms with Crippen molar-refractivity contribution >= 4 is 34.6 Å². The number of unbranched alkanes of at least 4 members (excludes halogenated alkanes) is 1. The molecule has 1 aliphatic heterocycles. The van der Waals surface area contributed by atoms with E-state index in [4.69, 9.17) is 9.73 Å². The standard InChI is InChI=1S/C24H28N2O2S/c1-4-6-15-28-21-9-7-8-19(16-21)17-22-23(27)26(14-5-2)24(29-22)25-20-12-10-18(3)11-13-20/h7-13,16-17H,4-6,14-15H2,1-3H3/b22-17+,25-24?. The molecule has 1 amide bonds. The van der Waals surface area contributed by atoms with Crippen LogP contribution < -0.4 is 4.74 Å². The molecule has 0 aliphatic carbocycles. The molecule has 0 saturated carbocycles. The Kier molecular flexibility index (Phi) is 7.53. The quantitative estimate of drug-likeness (QED) is 0.386. The topological polar surface area (TPSA) is 41.9 Å². The molecule has 1 aliphatic rings. The number of benzene rings is 2. The average molecular weight is 409 g/mol. The van der Waals surface area contributed by atoms with Crippen molar-refractivity contribution in [3.63, 3.8) is 0 Å². The van der Waals surface area contributed by atoms with E-state index in [-0.39, 0.29) is 5.91 Å². The fourth-order valence-electron chi connectivity index (χ4n) is 2.92.